The summed E-state index contributed by atoms with van der Waals surface area (Å²) in [5.74, 6) is -1.40. The molecule has 0 radical (unpaired) electrons. The molecule has 2 fully saturated rings. The van der Waals surface area contributed by atoms with E-state index in [0.717, 1.165) is 31.2 Å². The molecule has 0 atom stereocenters. The molecule has 1 aromatic carbocycles. The molecule has 22 heavy (non-hydrogen) atoms. The first-order chi connectivity index (χ1) is 10.5. The highest BCUT2D eigenvalue weighted by molar-refractivity contribution is 5.94. The molecule has 5 heteroatoms. The Hall–Kier alpha value is -2.17. The van der Waals surface area contributed by atoms with Crippen LogP contribution in [-0.2, 0) is 0 Å². The monoisotopic (exact) mass is 301 g/mol. The summed E-state index contributed by atoms with van der Waals surface area (Å²) in [6, 6.07) is 1.46. The van der Waals surface area contributed by atoms with Crippen molar-refractivity contribution >= 4 is 16.9 Å². The van der Waals surface area contributed by atoms with Gasteiger partial charge in [-0.3, -0.25) is 4.79 Å². The Balaban J connectivity index is 2.14. The number of hydrogen-bond acceptors (Lipinski definition) is 2. The molecule has 2 aromatic rings. The van der Waals surface area contributed by atoms with Gasteiger partial charge in [-0.15, -0.1) is 0 Å². The first-order valence-electron chi connectivity index (χ1n) is 7.60. The van der Waals surface area contributed by atoms with Gasteiger partial charge in [0.1, 0.15) is 11.4 Å². The summed E-state index contributed by atoms with van der Waals surface area (Å²) in [7, 11) is 0. The van der Waals surface area contributed by atoms with Crippen LogP contribution >= 0.6 is 0 Å². The summed E-state index contributed by atoms with van der Waals surface area (Å²) in [6.45, 7) is 1.85. The minimum absolute atomic E-state index is 0.186. The predicted molar refractivity (Wildman–Crippen MR) is 80.1 cm³/mol. The van der Waals surface area contributed by atoms with Crippen molar-refractivity contribution in [3.63, 3.8) is 0 Å². The fourth-order valence-electron chi connectivity index (χ4n) is 3.36. The maximum absolute atomic E-state index is 14.4. The summed E-state index contributed by atoms with van der Waals surface area (Å²) < 4.78 is 16.3. The van der Waals surface area contributed by atoms with E-state index in [1.807, 2.05) is 11.5 Å². The number of benzene rings is 1. The van der Waals surface area contributed by atoms with Gasteiger partial charge in [0.05, 0.1) is 5.52 Å². The average molecular weight is 301 g/mol. The molecule has 4 rings (SSSR count). The van der Waals surface area contributed by atoms with Gasteiger partial charge in [-0.1, -0.05) is 0 Å². The Morgan fingerprint density at radius 3 is 2.55 bits per heavy atom. The van der Waals surface area contributed by atoms with E-state index in [0.29, 0.717) is 11.1 Å². The zero-order valence-electron chi connectivity index (χ0n) is 12.2. The van der Waals surface area contributed by atoms with Gasteiger partial charge in [0.15, 0.2) is 0 Å². The second-order valence-corrected chi connectivity index (χ2v) is 6.38. The number of rotatable bonds is 3. The lowest BCUT2D eigenvalue weighted by molar-refractivity contribution is 0.0695. The maximum atomic E-state index is 14.4. The van der Waals surface area contributed by atoms with Crippen LogP contribution in [0.25, 0.3) is 10.9 Å². The molecule has 4 nitrogen and oxygen atoms in total. The van der Waals surface area contributed by atoms with Gasteiger partial charge >= 0.3 is 5.97 Å². The second kappa shape index (κ2) is 4.41. The minimum atomic E-state index is -1.26. The normalized spacial score (nSPS) is 17.9. The third kappa shape index (κ3) is 1.88. The van der Waals surface area contributed by atoms with E-state index in [2.05, 4.69) is 0 Å². The van der Waals surface area contributed by atoms with E-state index in [9.17, 15) is 19.1 Å². The van der Waals surface area contributed by atoms with Crippen LogP contribution in [-0.4, -0.2) is 15.6 Å². The lowest BCUT2D eigenvalue weighted by Gasteiger charge is -2.17. The van der Waals surface area contributed by atoms with Gasteiger partial charge in [0.2, 0.25) is 5.43 Å². The van der Waals surface area contributed by atoms with Gasteiger partial charge in [0.25, 0.3) is 0 Å². The van der Waals surface area contributed by atoms with Crippen molar-refractivity contribution in [3.8, 4) is 0 Å². The van der Waals surface area contributed by atoms with E-state index < -0.39 is 11.4 Å². The zero-order valence-corrected chi connectivity index (χ0v) is 12.2. The average Bonchev–Trinajstić information content (AvgIpc) is 3.33. The van der Waals surface area contributed by atoms with Crippen molar-refractivity contribution in [2.45, 2.75) is 44.6 Å². The Labute approximate surface area is 126 Å². The quantitative estimate of drug-likeness (QED) is 0.945. The summed E-state index contributed by atoms with van der Waals surface area (Å²) in [5.41, 5.74) is 1.32. The molecule has 0 saturated heterocycles. The predicted octanol–water partition coefficient (Wildman–Crippen LogP) is 3.36. The summed E-state index contributed by atoms with van der Waals surface area (Å²) in [6.07, 6.45) is 5.32. The van der Waals surface area contributed by atoms with Crippen LogP contribution in [0.4, 0.5) is 4.39 Å². The van der Waals surface area contributed by atoms with Crippen LogP contribution in [0.3, 0.4) is 0 Å². The third-order valence-electron chi connectivity index (χ3n) is 4.71. The number of hydrogen-bond donors (Lipinski definition) is 1. The van der Waals surface area contributed by atoms with Crippen LogP contribution < -0.4 is 5.43 Å². The molecule has 1 aromatic heterocycles. The zero-order chi connectivity index (χ0) is 15.6. The van der Waals surface area contributed by atoms with Crippen molar-refractivity contribution < 1.29 is 14.3 Å². The highest BCUT2D eigenvalue weighted by Gasteiger charge is 2.32. The molecule has 1 N–H and O–H groups in total. The molecule has 0 amide bonds. The van der Waals surface area contributed by atoms with E-state index in [-0.39, 0.29) is 28.7 Å². The van der Waals surface area contributed by atoms with E-state index >= 15 is 0 Å². The Morgan fingerprint density at radius 1 is 1.32 bits per heavy atom. The Morgan fingerprint density at radius 2 is 2.00 bits per heavy atom. The maximum Gasteiger partial charge on any atom is 0.341 e. The van der Waals surface area contributed by atoms with Crippen molar-refractivity contribution in [1.29, 1.82) is 0 Å². The number of nitrogens with zero attached hydrogens (tertiary/aromatic N) is 1. The number of pyridine rings is 1. The molecular weight excluding hydrogens is 285 g/mol. The number of aromatic nitrogens is 1. The van der Waals surface area contributed by atoms with Crippen molar-refractivity contribution in [1.82, 2.24) is 4.57 Å². The number of aryl methyl sites for hydroxylation is 1. The first-order valence-corrected chi connectivity index (χ1v) is 7.60. The molecule has 0 aliphatic heterocycles. The number of aromatic carboxylic acids is 1. The van der Waals surface area contributed by atoms with Crippen molar-refractivity contribution in [2.24, 2.45) is 0 Å². The van der Waals surface area contributed by atoms with Crippen LogP contribution in [0.5, 0.6) is 0 Å². The first kappa shape index (κ1) is 13.5. The summed E-state index contributed by atoms with van der Waals surface area (Å²) in [5, 5.41) is 9.42. The van der Waals surface area contributed by atoms with Crippen LogP contribution in [0, 0.1) is 12.7 Å². The van der Waals surface area contributed by atoms with Crippen LogP contribution in [0.2, 0.25) is 0 Å². The van der Waals surface area contributed by atoms with Gasteiger partial charge in [-0.05, 0) is 55.7 Å². The SMILES string of the molecule is Cc1c(C2CC2)c(F)cc2c(=O)c(C(=O)O)cn(C3CC3)c12. The number of fused-ring (bicyclic) bond motifs is 1. The summed E-state index contributed by atoms with van der Waals surface area (Å²) >= 11 is 0. The molecule has 0 spiro atoms. The second-order valence-electron chi connectivity index (χ2n) is 6.38. The number of carbonyl (C=O) groups is 1. The molecule has 0 bridgehead atoms. The van der Waals surface area contributed by atoms with Crippen LogP contribution in [0.15, 0.2) is 17.1 Å². The fourth-order valence-corrected chi connectivity index (χ4v) is 3.36. The van der Waals surface area contributed by atoms with Gasteiger partial charge in [0, 0.05) is 17.6 Å². The molecule has 1 heterocycles. The topological polar surface area (TPSA) is 59.3 Å². The molecule has 2 aliphatic rings. The van der Waals surface area contributed by atoms with E-state index in [1.165, 1.54) is 12.3 Å². The number of carboxylic acid groups (broad SMARTS) is 1. The molecule has 2 aliphatic carbocycles. The van der Waals surface area contributed by atoms with Crippen molar-refractivity contribution in [3.05, 3.63) is 45.0 Å². The fraction of sp³-hybridized carbons (Fsp3) is 0.412. The lowest BCUT2D eigenvalue weighted by Crippen LogP contribution is -2.20. The molecule has 2 saturated carbocycles. The van der Waals surface area contributed by atoms with Gasteiger partial charge in [-0.25, -0.2) is 9.18 Å². The Bertz CT molecular complexity index is 876. The number of halogens is 1. The number of carboxylic acids is 1. The van der Waals surface area contributed by atoms with E-state index in [1.54, 1.807) is 0 Å². The standard InChI is InChI=1S/C17H16FNO3/c1-8-14(9-2-3-9)13(18)6-11-15(8)19(10-4-5-10)7-12(16(11)20)17(21)22/h6-7,9-10H,2-5H2,1H3,(H,21,22). The van der Waals surface area contributed by atoms with Crippen LogP contribution in [0.1, 0.15) is 59.1 Å². The summed E-state index contributed by atoms with van der Waals surface area (Å²) in [4.78, 5) is 23.7. The highest BCUT2D eigenvalue weighted by Crippen LogP contribution is 2.45. The third-order valence-corrected chi connectivity index (χ3v) is 4.71. The molecule has 114 valence electrons. The lowest BCUT2D eigenvalue weighted by atomic mass is 9.98. The molecule has 0 unspecified atom stereocenters. The highest BCUT2D eigenvalue weighted by atomic mass is 19.1. The minimum Gasteiger partial charge on any atom is -0.477 e. The van der Waals surface area contributed by atoms with Gasteiger partial charge in [-0.2, -0.15) is 0 Å². The smallest absolute Gasteiger partial charge is 0.341 e. The van der Waals surface area contributed by atoms with Crippen molar-refractivity contribution in [2.75, 3.05) is 0 Å². The van der Waals surface area contributed by atoms with E-state index in [4.69, 9.17) is 0 Å². The Kier molecular flexibility index (Phi) is 2.71. The molecular formula is C17H16FNO3. The van der Waals surface area contributed by atoms with Gasteiger partial charge < -0.3 is 9.67 Å². The largest absolute Gasteiger partial charge is 0.477 e.